The van der Waals surface area contributed by atoms with Crippen molar-refractivity contribution in [2.75, 3.05) is 26.8 Å². The van der Waals surface area contributed by atoms with E-state index in [1.54, 1.807) is 25.7 Å². The summed E-state index contributed by atoms with van der Waals surface area (Å²) in [6.45, 7) is 4.91. The number of aromatic nitrogens is 5. The number of hydrogen-bond donors (Lipinski definition) is 0. The van der Waals surface area contributed by atoms with E-state index in [4.69, 9.17) is 4.74 Å². The van der Waals surface area contributed by atoms with E-state index in [1.165, 1.54) is 16.8 Å². The van der Waals surface area contributed by atoms with Crippen molar-refractivity contribution in [2.45, 2.75) is 51.2 Å². The Morgan fingerprint density at radius 1 is 1.17 bits per heavy atom. The van der Waals surface area contributed by atoms with Gasteiger partial charge in [0.15, 0.2) is 0 Å². The molecule has 0 amide bonds. The maximum Gasteiger partial charge on any atom is 0.418 e. The Kier molecular flexibility index (Phi) is 7.74. The molecule has 4 aromatic rings. The van der Waals surface area contributed by atoms with Crippen LogP contribution in [0.1, 0.15) is 61.0 Å². The number of nitrogens with zero attached hydrogens (tertiary/aromatic N) is 6. The number of imidazole rings is 1. The Balaban J connectivity index is 1.39. The maximum atomic E-state index is 14.3. The van der Waals surface area contributed by atoms with Gasteiger partial charge in [0.25, 0.3) is 0 Å². The van der Waals surface area contributed by atoms with Gasteiger partial charge >= 0.3 is 11.9 Å². The van der Waals surface area contributed by atoms with Gasteiger partial charge in [-0.15, -0.1) is 10.2 Å². The zero-order valence-electron chi connectivity index (χ0n) is 24.2. The van der Waals surface area contributed by atoms with Gasteiger partial charge in [0, 0.05) is 52.2 Å². The second-order valence-electron chi connectivity index (χ2n) is 12.2. The first kappa shape index (κ1) is 28.7. The minimum Gasteiger partial charge on any atom is -0.384 e. The number of fused-ring (bicyclic) bond motifs is 1. The van der Waals surface area contributed by atoms with Crippen LogP contribution in [0.3, 0.4) is 0 Å². The first-order valence-electron chi connectivity index (χ1n) is 14.6. The second-order valence-corrected chi connectivity index (χ2v) is 12.2. The van der Waals surface area contributed by atoms with Gasteiger partial charge in [-0.25, -0.2) is 4.79 Å². The van der Waals surface area contributed by atoms with Crippen molar-refractivity contribution in [2.24, 2.45) is 24.8 Å². The van der Waals surface area contributed by atoms with E-state index in [1.807, 2.05) is 29.8 Å². The van der Waals surface area contributed by atoms with Gasteiger partial charge in [-0.1, -0.05) is 19.1 Å². The number of likely N-dealkylation sites (tertiary alicyclic amines) is 1. The van der Waals surface area contributed by atoms with E-state index in [0.717, 1.165) is 54.6 Å². The molecule has 0 N–H and O–H groups in total. The number of hydrogen-bond acceptors (Lipinski definition) is 5. The van der Waals surface area contributed by atoms with Crippen molar-refractivity contribution in [3.05, 3.63) is 82.1 Å². The van der Waals surface area contributed by atoms with Crippen LogP contribution >= 0.6 is 0 Å². The lowest BCUT2D eigenvalue weighted by atomic mass is 9.66. The number of benzene rings is 1. The molecule has 11 heteroatoms. The fraction of sp³-hybridized carbons (Fsp3) is 0.516. The summed E-state index contributed by atoms with van der Waals surface area (Å²) in [6.07, 6.45) is 4.03. The molecular formula is C31H37F3N6O2. The molecule has 0 radical (unpaired) electrons. The van der Waals surface area contributed by atoms with E-state index in [2.05, 4.69) is 22.0 Å². The number of methoxy groups -OCH3 is 1. The van der Waals surface area contributed by atoms with E-state index < -0.39 is 17.4 Å². The van der Waals surface area contributed by atoms with Gasteiger partial charge in [-0.05, 0) is 79.3 Å². The van der Waals surface area contributed by atoms with E-state index in [0.29, 0.717) is 42.2 Å². The highest BCUT2D eigenvalue weighted by Crippen LogP contribution is 2.46. The molecule has 8 nitrogen and oxygen atoms in total. The van der Waals surface area contributed by atoms with Crippen LogP contribution in [0.15, 0.2) is 53.8 Å². The summed E-state index contributed by atoms with van der Waals surface area (Å²) in [5.41, 5.74) is 0.465. The zero-order chi connectivity index (χ0) is 29.6. The lowest BCUT2D eigenvalue weighted by Crippen LogP contribution is -2.34. The van der Waals surface area contributed by atoms with E-state index in [9.17, 15) is 18.0 Å². The fourth-order valence-electron chi connectivity index (χ4n) is 6.94. The summed E-state index contributed by atoms with van der Waals surface area (Å²) in [5, 5.41) is 8.50. The third-order valence-electron chi connectivity index (χ3n) is 8.95. The van der Waals surface area contributed by atoms with Crippen LogP contribution in [0.4, 0.5) is 13.2 Å². The Bertz CT molecular complexity index is 1620. The lowest BCUT2D eigenvalue weighted by molar-refractivity contribution is -0.136. The molecule has 42 heavy (non-hydrogen) atoms. The summed E-state index contributed by atoms with van der Waals surface area (Å²) in [7, 11) is 3.61. The lowest BCUT2D eigenvalue weighted by Gasteiger charge is -2.40. The topological polar surface area (TPSA) is 69.6 Å². The monoisotopic (exact) mass is 582 g/mol. The van der Waals surface area contributed by atoms with Crippen LogP contribution in [0, 0.1) is 17.8 Å². The fourth-order valence-corrected chi connectivity index (χ4v) is 6.94. The maximum absolute atomic E-state index is 14.3. The van der Waals surface area contributed by atoms with Crippen LogP contribution in [-0.4, -0.2) is 55.4 Å². The number of rotatable bonds is 8. The average Bonchev–Trinajstić information content (AvgIpc) is 3.49. The SMILES string of the molecule is COC[C@H]1C[C@H]([C@H](c2cccc(-n3cc4c(C(F)(F)F)cc(CN5CCC[C@H](C)C5)cn4c3=O)c2)c2nncn2C)C1. The van der Waals surface area contributed by atoms with Crippen molar-refractivity contribution in [1.82, 2.24) is 28.6 Å². The number of aryl methyl sites for hydroxylation is 1. The number of pyridine rings is 1. The third-order valence-corrected chi connectivity index (χ3v) is 8.95. The highest BCUT2D eigenvalue weighted by atomic mass is 19.4. The molecule has 2 fully saturated rings. The molecular weight excluding hydrogens is 545 g/mol. The van der Waals surface area contributed by atoms with Crippen molar-refractivity contribution in [3.8, 4) is 5.69 Å². The first-order chi connectivity index (χ1) is 20.1. The predicted molar refractivity (Wildman–Crippen MR) is 153 cm³/mol. The van der Waals surface area contributed by atoms with Gasteiger partial charge in [-0.3, -0.25) is 13.9 Å². The minimum absolute atomic E-state index is 0.0671. The van der Waals surface area contributed by atoms with Gasteiger partial charge in [0.05, 0.1) is 16.8 Å². The van der Waals surface area contributed by atoms with Gasteiger partial charge < -0.3 is 9.30 Å². The molecule has 1 aliphatic heterocycles. The molecule has 224 valence electrons. The Morgan fingerprint density at radius 3 is 2.67 bits per heavy atom. The highest BCUT2D eigenvalue weighted by Gasteiger charge is 2.39. The van der Waals surface area contributed by atoms with Crippen LogP contribution in [-0.2, 0) is 24.5 Å². The Hall–Kier alpha value is -3.44. The van der Waals surface area contributed by atoms with Crippen LogP contribution in [0.25, 0.3) is 11.2 Å². The molecule has 0 spiro atoms. The zero-order valence-corrected chi connectivity index (χ0v) is 24.2. The largest absolute Gasteiger partial charge is 0.418 e. The molecule has 4 heterocycles. The number of piperidine rings is 1. The smallest absolute Gasteiger partial charge is 0.384 e. The quantitative estimate of drug-likeness (QED) is 0.283. The van der Waals surface area contributed by atoms with Crippen molar-refractivity contribution in [1.29, 1.82) is 0 Å². The molecule has 6 rings (SSSR count). The molecule has 2 aliphatic rings. The van der Waals surface area contributed by atoms with Gasteiger partial charge in [0.2, 0.25) is 0 Å². The number of alkyl halides is 3. The molecule has 1 saturated carbocycles. The molecule has 0 bridgehead atoms. The van der Waals surface area contributed by atoms with Crippen molar-refractivity contribution >= 4 is 5.52 Å². The van der Waals surface area contributed by atoms with Crippen molar-refractivity contribution in [3.63, 3.8) is 0 Å². The summed E-state index contributed by atoms with van der Waals surface area (Å²) in [4.78, 5) is 15.9. The normalized spacial score (nSPS) is 22.4. The van der Waals surface area contributed by atoms with Gasteiger partial charge in [0.1, 0.15) is 12.2 Å². The number of ether oxygens (including phenoxy) is 1. The van der Waals surface area contributed by atoms with Crippen LogP contribution in [0.2, 0.25) is 0 Å². The predicted octanol–water partition coefficient (Wildman–Crippen LogP) is 5.27. The first-order valence-corrected chi connectivity index (χ1v) is 14.6. The van der Waals surface area contributed by atoms with E-state index >= 15 is 0 Å². The molecule has 1 aromatic carbocycles. The third kappa shape index (κ3) is 5.51. The molecule has 1 aliphatic carbocycles. The number of halogens is 3. The molecule has 1 saturated heterocycles. The van der Waals surface area contributed by atoms with Crippen LogP contribution in [0.5, 0.6) is 0 Å². The standard InChI is InChI=1S/C31H37F3N6O2/c1-20-6-5-9-38(14-20)15-22-12-26(31(32,33)34)27-17-39(30(41)40(27)16-22)25-8-4-7-23(13-25)28(29-36-35-19-37(29)2)24-10-21(11-24)18-42-3/h4,7-8,12-13,16-17,19-21,24,28H,5-6,9-11,14-15,18H2,1-3H3/t20-,21-,24-,28-/m0/s1. The molecule has 3 aromatic heterocycles. The molecule has 2 atom stereocenters. The second kappa shape index (κ2) is 11.3. The minimum atomic E-state index is -4.60. The average molecular weight is 583 g/mol. The summed E-state index contributed by atoms with van der Waals surface area (Å²) in [5.74, 6) is 2.03. The van der Waals surface area contributed by atoms with Crippen LogP contribution < -0.4 is 5.69 Å². The van der Waals surface area contributed by atoms with E-state index in [-0.39, 0.29) is 11.4 Å². The van der Waals surface area contributed by atoms with Gasteiger partial charge in [-0.2, -0.15) is 13.2 Å². The highest BCUT2D eigenvalue weighted by molar-refractivity contribution is 5.58. The van der Waals surface area contributed by atoms with Crippen molar-refractivity contribution < 1.29 is 17.9 Å². The molecule has 0 unspecified atom stereocenters. The Morgan fingerprint density at radius 2 is 1.98 bits per heavy atom. The summed E-state index contributed by atoms with van der Waals surface area (Å²) >= 11 is 0. The Labute approximate surface area is 242 Å². The summed E-state index contributed by atoms with van der Waals surface area (Å²) in [6, 6.07) is 8.70. The summed E-state index contributed by atoms with van der Waals surface area (Å²) < 4.78 is 52.6.